The standard InChI is InChI=1S/C11H22N2O2S/c1-4-6-13(7-5-2)11(15)10(8-16)12-9(3)14/h10,16H,4-8H2,1-3H3,(H,12,14). The predicted octanol–water partition coefficient (Wildman–Crippen LogP) is 1.07. The minimum absolute atomic E-state index is 0.0334. The van der Waals surface area contributed by atoms with Gasteiger partial charge in [-0.3, -0.25) is 9.59 Å². The first kappa shape index (κ1) is 15.3. The van der Waals surface area contributed by atoms with Gasteiger partial charge in [0.05, 0.1) is 0 Å². The topological polar surface area (TPSA) is 49.4 Å². The van der Waals surface area contributed by atoms with Gasteiger partial charge in [-0.05, 0) is 12.8 Å². The molecule has 0 aromatic rings. The quantitative estimate of drug-likeness (QED) is 0.660. The Morgan fingerprint density at radius 2 is 1.75 bits per heavy atom. The summed E-state index contributed by atoms with van der Waals surface area (Å²) in [6.45, 7) is 6.94. The molecule has 0 rings (SSSR count). The molecular weight excluding hydrogens is 224 g/mol. The summed E-state index contributed by atoms with van der Waals surface area (Å²) in [5.41, 5.74) is 0. The molecule has 1 N–H and O–H groups in total. The maximum atomic E-state index is 12.1. The maximum Gasteiger partial charge on any atom is 0.245 e. The SMILES string of the molecule is CCCN(CCC)C(=O)C(CS)NC(C)=O. The third kappa shape index (κ3) is 5.39. The molecule has 5 heteroatoms. The number of thiol groups is 1. The van der Waals surface area contributed by atoms with E-state index in [1.807, 2.05) is 13.8 Å². The Morgan fingerprint density at radius 1 is 1.25 bits per heavy atom. The molecule has 94 valence electrons. The van der Waals surface area contributed by atoms with Gasteiger partial charge >= 0.3 is 0 Å². The van der Waals surface area contributed by atoms with Crippen molar-refractivity contribution in [1.82, 2.24) is 10.2 Å². The van der Waals surface area contributed by atoms with E-state index in [1.54, 1.807) is 4.90 Å². The van der Waals surface area contributed by atoms with Crippen molar-refractivity contribution in [2.75, 3.05) is 18.8 Å². The fourth-order valence-corrected chi connectivity index (χ4v) is 1.77. The third-order valence-corrected chi connectivity index (χ3v) is 2.52. The predicted molar refractivity (Wildman–Crippen MR) is 68.6 cm³/mol. The van der Waals surface area contributed by atoms with Crippen LogP contribution < -0.4 is 5.32 Å². The molecule has 0 spiro atoms. The molecule has 1 unspecified atom stereocenters. The van der Waals surface area contributed by atoms with Crippen LogP contribution in [0.4, 0.5) is 0 Å². The Morgan fingerprint density at radius 3 is 2.06 bits per heavy atom. The minimum Gasteiger partial charge on any atom is -0.344 e. The lowest BCUT2D eigenvalue weighted by atomic mass is 10.2. The Labute approximate surface area is 103 Å². The second-order valence-electron chi connectivity index (χ2n) is 3.76. The summed E-state index contributed by atoms with van der Waals surface area (Å²) in [7, 11) is 0. The van der Waals surface area contributed by atoms with Crippen LogP contribution in [0.25, 0.3) is 0 Å². The lowest BCUT2D eigenvalue weighted by molar-refractivity contribution is -0.135. The van der Waals surface area contributed by atoms with E-state index in [1.165, 1.54) is 6.92 Å². The van der Waals surface area contributed by atoms with E-state index in [-0.39, 0.29) is 11.8 Å². The highest BCUT2D eigenvalue weighted by molar-refractivity contribution is 7.80. The Kier molecular flexibility index (Phi) is 8.07. The molecule has 0 fully saturated rings. The first-order valence-electron chi connectivity index (χ1n) is 5.73. The van der Waals surface area contributed by atoms with E-state index in [0.29, 0.717) is 5.75 Å². The average Bonchev–Trinajstić information content (AvgIpc) is 2.24. The molecule has 0 bridgehead atoms. The average molecular weight is 246 g/mol. The molecule has 0 aromatic heterocycles. The molecular formula is C11H22N2O2S. The monoisotopic (exact) mass is 246 g/mol. The number of nitrogens with zero attached hydrogens (tertiary/aromatic N) is 1. The Bertz CT molecular complexity index is 228. The van der Waals surface area contributed by atoms with Gasteiger partial charge in [0.25, 0.3) is 0 Å². The van der Waals surface area contributed by atoms with Gasteiger partial charge < -0.3 is 10.2 Å². The molecule has 0 aliphatic heterocycles. The number of amides is 2. The number of nitrogens with one attached hydrogen (secondary N) is 1. The van der Waals surface area contributed by atoms with E-state index >= 15 is 0 Å². The largest absolute Gasteiger partial charge is 0.344 e. The fourth-order valence-electron chi connectivity index (χ4n) is 1.52. The number of rotatable bonds is 7. The zero-order valence-corrected chi connectivity index (χ0v) is 11.2. The van der Waals surface area contributed by atoms with Gasteiger partial charge in [-0.1, -0.05) is 13.8 Å². The molecule has 0 saturated heterocycles. The van der Waals surface area contributed by atoms with Gasteiger partial charge in [0.2, 0.25) is 11.8 Å². The van der Waals surface area contributed by atoms with Crippen LogP contribution in [0.2, 0.25) is 0 Å². The number of hydrogen-bond donors (Lipinski definition) is 2. The number of carbonyl (C=O) groups excluding carboxylic acids is 2. The van der Waals surface area contributed by atoms with E-state index in [0.717, 1.165) is 25.9 Å². The van der Waals surface area contributed by atoms with Crippen molar-refractivity contribution < 1.29 is 9.59 Å². The van der Waals surface area contributed by atoms with Crippen LogP contribution in [-0.2, 0) is 9.59 Å². The highest BCUT2D eigenvalue weighted by atomic mass is 32.1. The molecule has 0 saturated carbocycles. The second-order valence-corrected chi connectivity index (χ2v) is 4.13. The van der Waals surface area contributed by atoms with Crippen molar-refractivity contribution in [3.05, 3.63) is 0 Å². The van der Waals surface area contributed by atoms with E-state index in [4.69, 9.17) is 0 Å². The molecule has 2 amide bonds. The fraction of sp³-hybridized carbons (Fsp3) is 0.818. The highest BCUT2D eigenvalue weighted by Crippen LogP contribution is 2.01. The summed E-state index contributed by atoms with van der Waals surface area (Å²) in [6, 6.07) is -0.501. The molecule has 0 aromatic carbocycles. The summed E-state index contributed by atoms with van der Waals surface area (Å²) in [6.07, 6.45) is 1.84. The van der Waals surface area contributed by atoms with Gasteiger partial charge in [0.15, 0.2) is 0 Å². The molecule has 1 atom stereocenters. The van der Waals surface area contributed by atoms with Gasteiger partial charge in [0.1, 0.15) is 6.04 Å². The summed E-state index contributed by atoms with van der Waals surface area (Å²) >= 11 is 4.10. The second kappa shape index (κ2) is 8.44. The van der Waals surface area contributed by atoms with Gasteiger partial charge in [0, 0.05) is 25.8 Å². The molecule has 0 radical (unpaired) electrons. The van der Waals surface area contributed by atoms with Crippen LogP contribution in [0.3, 0.4) is 0 Å². The number of hydrogen-bond acceptors (Lipinski definition) is 3. The van der Waals surface area contributed by atoms with Crippen LogP contribution in [0.1, 0.15) is 33.6 Å². The van der Waals surface area contributed by atoms with Crippen LogP contribution in [0, 0.1) is 0 Å². The van der Waals surface area contributed by atoms with E-state index < -0.39 is 6.04 Å². The number of carbonyl (C=O) groups is 2. The maximum absolute atomic E-state index is 12.1. The third-order valence-electron chi connectivity index (χ3n) is 2.16. The van der Waals surface area contributed by atoms with Crippen molar-refractivity contribution in [3.63, 3.8) is 0 Å². The minimum atomic E-state index is -0.501. The summed E-state index contributed by atoms with van der Waals surface area (Å²) in [5, 5.41) is 2.62. The highest BCUT2D eigenvalue weighted by Gasteiger charge is 2.22. The van der Waals surface area contributed by atoms with Crippen LogP contribution in [0.15, 0.2) is 0 Å². The van der Waals surface area contributed by atoms with E-state index in [2.05, 4.69) is 17.9 Å². The molecule has 16 heavy (non-hydrogen) atoms. The van der Waals surface area contributed by atoms with Gasteiger partial charge in [-0.25, -0.2) is 0 Å². The molecule has 0 heterocycles. The lowest BCUT2D eigenvalue weighted by Crippen LogP contribution is -2.49. The first-order chi connectivity index (χ1) is 7.56. The first-order valence-corrected chi connectivity index (χ1v) is 6.36. The van der Waals surface area contributed by atoms with Crippen molar-refractivity contribution in [3.8, 4) is 0 Å². The van der Waals surface area contributed by atoms with Crippen molar-refractivity contribution in [2.24, 2.45) is 0 Å². The van der Waals surface area contributed by atoms with Crippen LogP contribution in [0.5, 0.6) is 0 Å². The normalized spacial score (nSPS) is 12.0. The van der Waals surface area contributed by atoms with Crippen molar-refractivity contribution in [1.29, 1.82) is 0 Å². The smallest absolute Gasteiger partial charge is 0.245 e. The summed E-state index contributed by atoms with van der Waals surface area (Å²) in [5.74, 6) is 0.108. The van der Waals surface area contributed by atoms with E-state index in [9.17, 15) is 9.59 Å². The lowest BCUT2D eigenvalue weighted by Gasteiger charge is -2.26. The molecule has 0 aliphatic rings. The van der Waals surface area contributed by atoms with Crippen LogP contribution in [-0.4, -0.2) is 41.6 Å². The van der Waals surface area contributed by atoms with Crippen molar-refractivity contribution >= 4 is 24.4 Å². The Hall–Kier alpha value is -0.710. The zero-order valence-electron chi connectivity index (χ0n) is 10.3. The molecule has 4 nitrogen and oxygen atoms in total. The zero-order chi connectivity index (χ0) is 12.6. The van der Waals surface area contributed by atoms with Gasteiger partial charge in [-0.2, -0.15) is 12.6 Å². The molecule has 0 aliphatic carbocycles. The van der Waals surface area contributed by atoms with Crippen molar-refractivity contribution in [2.45, 2.75) is 39.7 Å². The summed E-state index contributed by atoms with van der Waals surface area (Å²) in [4.78, 5) is 24.8. The summed E-state index contributed by atoms with van der Waals surface area (Å²) < 4.78 is 0. The Balaban J connectivity index is 4.47. The van der Waals surface area contributed by atoms with Gasteiger partial charge in [-0.15, -0.1) is 0 Å². The van der Waals surface area contributed by atoms with Crippen LogP contribution >= 0.6 is 12.6 Å².